The summed E-state index contributed by atoms with van der Waals surface area (Å²) in [7, 11) is 0. The number of urea groups is 1. The first-order chi connectivity index (χ1) is 14.6. The number of aromatic nitrogens is 1. The van der Waals surface area contributed by atoms with Crippen LogP contribution in [0.1, 0.15) is 29.5 Å². The van der Waals surface area contributed by atoms with Gasteiger partial charge in [-0.15, -0.1) is 0 Å². The lowest BCUT2D eigenvalue weighted by molar-refractivity contribution is -0.131. The van der Waals surface area contributed by atoms with Crippen molar-refractivity contribution in [2.75, 3.05) is 13.1 Å². The van der Waals surface area contributed by atoms with Gasteiger partial charge >= 0.3 is 6.03 Å². The number of H-pyrrole nitrogens is 1. The lowest BCUT2D eigenvalue weighted by Gasteiger charge is -2.15. The van der Waals surface area contributed by atoms with Gasteiger partial charge < -0.3 is 20.5 Å². The average molecular weight is 408 g/mol. The number of benzene rings is 2. The van der Waals surface area contributed by atoms with E-state index in [1.165, 1.54) is 23.3 Å². The summed E-state index contributed by atoms with van der Waals surface area (Å²) in [5, 5.41) is 6.57. The van der Waals surface area contributed by atoms with Crippen LogP contribution < -0.4 is 10.6 Å². The predicted molar refractivity (Wildman–Crippen MR) is 113 cm³/mol. The SMILES string of the molecule is O=C(NCCCC(=O)N1Cc2ccccc2C1)NCCc1c[nH]c2cc(F)ccc12. The molecular weight excluding hydrogens is 383 g/mol. The van der Waals surface area contributed by atoms with Crippen LogP contribution in [0.25, 0.3) is 10.9 Å². The van der Waals surface area contributed by atoms with Crippen molar-refractivity contribution in [3.05, 3.63) is 71.2 Å². The maximum atomic E-state index is 13.2. The third-order valence-corrected chi connectivity index (χ3v) is 5.46. The maximum Gasteiger partial charge on any atom is 0.314 e. The van der Waals surface area contributed by atoms with Gasteiger partial charge in [0.25, 0.3) is 0 Å². The second-order valence-corrected chi connectivity index (χ2v) is 7.56. The van der Waals surface area contributed by atoms with Crippen LogP contribution in [0.15, 0.2) is 48.7 Å². The largest absolute Gasteiger partial charge is 0.361 e. The second kappa shape index (κ2) is 8.98. The fourth-order valence-corrected chi connectivity index (χ4v) is 3.85. The minimum absolute atomic E-state index is 0.115. The van der Waals surface area contributed by atoms with E-state index in [-0.39, 0.29) is 17.8 Å². The van der Waals surface area contributed by atoms with Gasteiger partial charge in [0, 0.05) is 49.7 Å². The lowest BCUT2D eigenvalue weighted by atomic mass is 10.1. The molecule has 1 aromatic heterocycles. The number of amides is 3. The predicted octanol–water partition coefficient (Wildman–Crippen LogP) is 3.47. The summed E-state index contributed by atoms with van der Waals surface area (Å²) in [6.45, 7) is 2.26. The van der Waals surface area contributed by atoms with E-state index in [9.17, 15) is 14.0 Å². The highest BCUT2D eigenvalue weighted by molar-refractivity contribution is 5.83. The third-order valence-electron chi connectivity index (χ3n) is 5.46. The van der Waals surface area contributed by atoms with Crippen molar-refractivity contribution in [1.29, 1.82) is 0 Å². The smallest absolute Gasteiger partial charge is 0.314 e. The molecule has 2 aromatic carbocycles. The van der Waals surface area contributed by atoms with Crippen LogP contribution in [0.4, 0.5) is 9.18 Å². The summed E-state index contributed by atoms with van der Waals surface area (Å²) in [6.07, 6.45) is 3.51. The molecule has 0 aliphatic carbocycles. The van der Waals surface area contributed by atoms with Crippen molar-refractivity contribution >= 4 is 22.8 Å². The van der Waals surface area contributed by atoms with Crippen LogP contribution in [0, 0.1) is 5.82 Å². The van der Waals surface area contributed by atoms with Crippen LogP contribution in [0.5, 0.6) is 0 Å². The van der Waals surface area contributed by atoms with E-state index in [0.29, 0.717) is 45.4 Å². The van der Waals surface area contributed by atoms with Gasteiger partial charge in [-0.1, -0.05) is 24.3 Å². The number of carbonyl (C=O) groups excluding carboxylic acids is 2. The highest BCUT2D eigenvalue weighted by Crippen LogP contribution is 2.23. The lowest BCUT2D eigenvalue weighted by Crippen LogP contribution is -2.37. The Bertz CT molecular complexity index is 1040. The monoisotopic (exact) mass is 408 g/mol. The topological polar surface area (TPSA) is 77.2 Å². The van der Waals surface area contributed by atoms with Gasteiger partial charge in [-0.2, -0.15) is 0 Å². The van der Waals surface area contributed by atoms with Crippen molar-refractivity contribution < 1.29 is 14.0 Å². The van der Waals surface area contributed by atoms with E-state index < -0.39 is 0 Å². The van der Waals surface area contributed by atoms with Gasteiger partial charge in [0.1, 0.15) is 5.82 Å². The van der Waals surface area contributed by atoms with Gasteiger partial charge in [-0.3, -0.25) is 4.79 Å². The Labute approximate surface area is 174 Å². The minimum atomic E-state index is -0.277. The molecule has 30 heavy (non-hydrogen) atoms. The Morgan fingerprint density at radius 1 is 1.03 bits per heavy atom. The molecule has 0 unspecified atom stereocenters. The molecule has 6 nitrogen and oxygen atoms in total. The number of rotatable bonds is 7. The molecule has 4 rings (SSSR count). The number of nitrogens with zero attached hydrogens (tertiary/aromatic N) is 1. The molecule has 3 aromatic rings. The van der Waals surface area contributed by atoms with Crippen molar-refractivity contribution in [2.24, 2.45) is 0 Å². The summed E-state index contributed by atoms with van der Waals surface area (Å²) in [5.41, 5.74) is 4.20. The normalized spacial score (nSPS) is 12.8. The van der Waals surface area contributed by atoms with Gasteiger partial charge in [-0.25, -0.2) is 9.18 Å². The molecule has 0 saturated heterocycles. The average Bonchev–Trinajstić information content (AvgIpc) is 3.35. The standard InChI is InChI=1S/C23H25FN4O2/c24-19-7-8-20-16(13-27-21(20)12-19)9-11-26-23(30)25-10-3-6-22(29)28-14-17-4-1-2-5-18(17)15-28/h1-2,4-5,7-8,12-13,27H,3,6,9-11,14-15H2,(H2,25,26,30). The quantitative estimate of drug-likeness (QED) is 0.524. The molecular formula is C23H25FN4O2. The number of aromatic amines is 1. The fourth-order valence-electron chi connectivity index (χ4n) is 3.85. The van der Waals surface area contributed by atoms with Gasteiger partial charge in [0.05, 0.1) is 0 Å². The Morgan fingerprint density at radius 2 is 1.77 bits per heavy atom. The highest BCUT2D eigenvalue weighted by Gasteiger charge is 2.22. The number of hydrogen-bond donors (Lipinski definition) is 3. The number of halogens is 1. The van der Waals surface area contributed by atoms with E-state index >= 15 is 0 Å². The summed E-state index contributed by atoms with van der Waals surface area (Å²) in [6, 6.07) is 12.5. The van der Waals surface area contributed by atoms with E-state index in [0.717, 1.165) is 16.5 Å². The Kier molecular flexibility index (Phi) is 5.97. The molecule has 0 saturated carbocycles. The van der Waals surface area contributed by atoms with Crippen LogP contribution in [-0.2, 0) is 24.3 Å². The number of fused-ring (bicyclic) bond motifs is 2. The first kappa shape index (κ1) is 19.9. The summed E-state index contributed by atoms with van der Waals surface area (Å²) in [5.74, 6) is -0.162. The molecule has 2 heterocycles. The molecule has 1 aliphatic heterocycles. The summed E-state index contributed by atoms with van der Waals surface area (Å²) in [4.78, 5) is 29.2. The third kappa shape index (κ3) is 4.62. The van der Waals surface area contributed by atoms with E-state index in [4.69, 9.17) is 0 Å². The van der Waals surface area contributed by atoms with Crippen molar-refractivity contribution in [2.45, 2.75) is 32.4 Å². The molecule has 156 valence electrons. The van der Waals surface area contributed by atoms with E-state index in [1.807, 2.05) is 23.2 Å². The Morgan fingerprint density at radius 3 is 2.53 bits per heavy atom. The zero-order valence-electron chi connectivity index (χ0n) is 16.7. The maximum absolute atomic E-state index is 13.2. The van der Waals surface area contributed by atoms with Crippen molar-refractivity contribution in [3.63, 3.8) is 0 Å². The van der Waals surface area contributed by atoms with Crippen LogP contribution in [0.2, 0.25) is 0 Å². The first-order valence-electron chi connectivity index (χ1n) is 10.2. The zero-order valence-corrected chi connectivity index (χ0v) is 16.7. The van der Waals surface area contributed by atoms with Gasteiger partial charge in [0.15, 0.2) is 0 Å². The molecule has 0 atom stereocenters. The fraction of sp³-hybridized carbons (Fsp3) is 0.304. The van der Waals surface area contributed by atoms with Crippen LogP contribution >= 0.6 is 0 Å². The minimum Gasteiger partial charge on any atom is -0.361 e. The van der Waals surface area contributed by atoms with E-state index in [1.54, 1.807) is 6.07 Å². The van der Waals surface area contributed by atoms with Crippen molar-refractivity contribution in [1.82, 2.24) is 20.5 Å². The summed E-state index contributed by atoms with van der Waals surface area (Å²) >= 11 is 0. The highest BCUT2D eigenvalue weighted by atomic mass is 19.1. The molecule has 0 fully saturated rings. The molecule has 0 bridgehead atoms. The Hall–Kier alpha value is -3.35. The molecule has 3 N–H and O–H groups in total. The van der Waals surface area contributed by atoms with Crippen LogP contribution in [-0.4, -0.2) is 34.9 Å². The Balaban J connectivity index is 1.12. The first-order valence-corrected chi connectivity index (χ1v) is 10.2. The number of nitrogens with one attached hydrogen (secondary N) is 3. The molecule has 1 aliphatic rings. The van der Waals surface area contributed by atoms with Crippen molar-refractivity contribution in [3.8, 4) is 0 Å². The molecule has 0 spiro atoms. The number of carbonyl (C=O) groups is 2. The molecule has 3 amide bonds. The van der Waals surface area contributed by atoms with Gasteiger partial charge in [-0.05, 0) is 47.7 Å². The van der Waals surface area contributed by atoms with Crippen LogP contribution in [0.3, 0.4) is 0 Å². The van der Waals surface area contributed by atoms with Gasteiger partial charge in [0.2, 0.25) is 5.91 Å². The second-order valence-electron chi connectivity index (χ2n) is 7.56. The molecule has 0 radical (unpaired) electrons. The van der Waals surface area contributed by atoms with E-state index in [2.05, 4.69) is 27.8 Å². The number of hydrogen-bond acceptors (Lipinski definition) is 2. The summed E-state index contributed by atoms with van der Waals surface area (Å²) < 4.78 is 13.2. The molecule has 7 heteroatoms. The zero-order chi connectivity index (χ0) is 20.9.